The second kappa shape index (κ2) is 7.96. The summed E-state index contributed by atoms with van der Waals surface area (Å²) in [4.78, 5) is 0. The molecule has 0 saturated carbocycles. The molecule has 6 heteroatoms. The van der Waals surface area contributed by atoms with Crippen molar-refractivity contribution in [2.24, 2.45) is 0 Å². The minimum absolute atomic E-state index is 0.744. The molecular formula is C10H25O3PSSi. The molecule has 98 valence electrons. The third kappa shape index (κ3) is 5.89. The van der Waals surface area contributed by atoms with Gasteiger partial charge in [-0.1, -0.05) is 25.7 Å². The molecule has 0 fully saturated rings. The molecule has 0 unspecified atom stereocenters. The molecule has 0 aliphatic heterocycles. The molecule has 0 rings (SSSR count). The Morgan fingerprint density at radius 1 is 1.12 bits per heavy atom. The summed E-state index contributed by atoms with van der Waals surface area (Å²) in [6, 6.07) is 0.961. The van der Waals surface area contributed by atoms with E-state index < -0.39 is 14.8 Å². The van der Waals surface area contributed by atoms with E-state index in [1.54, 1.807) is 14.2 Å². The highest BCUT2D eigenvalue weighted by atomic mass is 32.4. The van der Waals surface area contributed by atoms with Crippen LogP contribution in [0.1, 0.15) is 20.3 Å². The largest absolute Gasteiger partial charge is 0.398 e. The Balaban J connectivity index is 3.88. The van der Waals surface area contributed by atoms with Crippen LogP contribution in [0.3, 0.4) is 0 Å². The van der Waals surface area contributed by atoms with Crippen molar-refractivity contribution >= 4 is 26.6 Å². The molecule has 16 heavy (non-hydrogen) atoms. The first-order valence-electron chi connectivity index (χ1n) is 5.78. The Morgan fingerprint density at radius 3 is 2.00 bits per heavy atom. The van der Waals surface area contributed by atoms with Gasteiger partial charge < -0.3 is 13.4 Å². The third-order valence-electron chi connectivity index (χ3n) is 2.93. The maximum atomic E-state index is 5.85. The predicted molar refractivity (Wildman–Crippen MR) is 76.4 cm³/mol. The van der Waals surface area contributed by atoms with Crippen LogP contribution < -0.4 is 0 Å². The smallest absolute Gasteiger partial charge is 0.334 e. The molecule has 0 heterocycles. The van der Waals surface area contributed by atoms with Gasteiger partial charge in [0.1, 0.15) is 0 Å². The van der Waals surface area contributed by atoms with Crippen molar-refractivity contribution in [2.75, 3.05) is 33.2 Å². The van der Waals surface area contributed by atoms with E-state index in [9.17, 15) is 0 Å². The molecule has 0 atom stereocenters. The molecular weight excluding hydrogens is 259 g/mol. The lowest BCUT2D eigenvalue weighted by atomic mass is 10.5. The summed E-state index contributed by atoms with van der Waals surface area (Å²) >= 11 is 5.51. The Hall–Kier alpha value is 0.747. The zero-order valence-corrected chi connectivity index (χ0v) is 13.8. The van der Waals surface area contributed by atoms with E-state index in [0.717, 1.165) is 31.4 Å². The average molecular weight is 284 g/mol. The van der Waals surface area contributed by atoms with Crippen molar-refractivity contribution < 1.29 is 13.4 Å². The quantitative estimate of drug-likeness (QED) is 0.369. The Labute approximate surface area is 106 Å². The summed E-state index contributed by atoms with van der Waals surface area (Å²) in [5.74, 6) is 0. The van der Waals surface area contributed by atoms with Gasteiger partial charge in [-0.3, -0.25) is 0 Å². The molecule has 3 nitrogen and oxygen atoms in total. The number of hydrogen-bond acceptors (Lipinski definition) is 4. The van der Waals surface area contributed by atoms with Crippen LogP contribution in [0.25, 0.3) is 0 Å². The summed E-state index contributed by atoms with van der Waals surface area (Å²) in [5, 5.41) is 0. The minimum atomic E-state index is -1.92. The molecule has 0 aromatic heterocycles. The molecule has 0 saturated heterocycles. The summed E-state index contributed by atoms with van der Waals surface area (Å²) < 4.78 is 16.7. The van der Waals surface area contributed by atoms with Crippen LogP contribution in [-0.4, -0.2) is 41.7 Å². The van der Waals surface area contributed by atoms with Crippen LogP contribution in [-0.2, 0) is 25.2 Å². The minimum Gasteiger partial charge on any atom is -0.398 e. The van der Waals surface area contributed by atoms with Gasteiger partial charge in [-0.2, -0.15) is 0 Å². The van der Waals surface area contributed by atoms with Crippen molar-refractivity contribution in [1.29, 1.82) is 0 Å². The van der Waals surface area contributed by atoms with Gasteiger partial charge in [-0.15, -0.1) is 0 Å². The first-order chi connectivity index (χ1) is 7.45. The summed E-state index contributed by atoms with van der Waals surface area (Å²) in [6.45, 7) is 7.05. The Morgan fingerprint density at radius 2 is 1.62 bits per heavy atom. The van der Waals surface area contributed by atoms with Crippen LogP contribution in [0.2, 0.25) is 12.6 Å². The van der Waals surface area contributed by atoms with Crippen molar-refractivity contribution in [3.05, 3.63) is 0 Å². The Bertz CT molecular complexity index is 226. The van der Waals surface area contributed by atoms with Gasteiger partial charge in [-0.25, -0.2) is 0 Å². The normalized spacial score (nSPS) is 13.1. The predicted octanol–water partition coefficient (Wildman–Crippen LogP) is 3.19. The topological polar surface area (TPSA) is 27.7 Å². The molecule has 0 bridgehead atoms. The van der Waals surface area contributed by atoms with Gasteiger partial charge in [-0.05, 0) is 31.3 Å². The van der Waals surface area contributed by atoms with Crippen LogP contribution in [0.5, 0.6) is 0 Å². The van der Waals surface area contributed by atoms with Crippen LogP contribution >= 0.6 is 6.26 Å². The zero-order chi connectivity index (χ0) is 12.7. The highest BCUT2D eigenvalue weighted by Crippen LogP contribution is 2.46. The van der Waals surface area contributed by atoms with Gasteiger partial charge in [0.2, 0.25) is 0 Å². The van der Waals surface area contributed by atoms with E-state index in [1.165, 1.54) is 0 Å². The standard InChI is InChI=1S/C10H25O3PSSi/c1-6-14(15,7-2)13-9-8-10-16(5,11-3)12-4/h6-10H2,1-5H3. The van der Waals surface area contributed by atoms with Gasteiger partial charge >= 0.3 is 8.56 Å². The highest BCUT2D eigenvalue weighted by Gasteiger charge is 2.28. The van der Waals surface area contributed by atoms with Gasteiger partial charge in [0.15, 0.2) is 0 Å². The van der Waals surface area contributed by atoms with Crippen molar-refractivity contribution in [2.45, 2.75) is 32.9 Å². The molecule has 0 aliphatic carbocycles. The van der Waals surface area contributed by atoms with E-state index in [2.05, 4.69) is 20.4 Å². The van der Waals surface area contributed by atoms with E-state index in [-0.39, 0.29) is 0 Å². The average Bonchev–Trinajstić information content (AvgIpc) is 2.34. The van der Waals surface area contributed by atoms with Crippen LogP contribution in [0, 0.1) is 0 Å². The first-order valence-corrected chi connectivity index (χ1v) is 11.4. The molecule has 0 N–H and O–H groups in total. The first kappa shape index (κ1) is 16.7. The van der Waals surface area contributed by atoms with E-state index in [4.69, 9.17) is 25.2 Å². The van der Waals surface area contributed by atoms with Crippen molar-refractivity contribution in [1.82, 2.24) is 0 Å². The van der Waals surface area contributed by atoms with Crippen LogP contribution in [0.15, 0.2) is 0 Å². The highest BCUT2D eigenvalue weighted by molar-refractivity contribution is 8.12. The van der Waals surface area contributed by atoms with Crippen molar-refractivity contribution in [3.8, 4) is 0 Å². The van der Waals surface area contributed by atoms with Gasteiger partial charge in [0, 0.05) is 14.2 Å². The summed E-state index contributed by atoms with van der Waals surface area (Å²) in [6.07, 6.45) is 1.44. The second-order valence-corrected chi connectivity index (χ2v) is 12.7. The maximum absolute atomic E-state index is 5.85. The SMILES string of the molecule is CCP(=S)(CC)OCCC[Si](C)(OC)OC. The lowest BCUT2D eigenvalue weighted by Gasteiger charge is -2.24. The molecule has 0 spiro atoms. The fourth-order valence-electron chi connectivity index (χ4n) is 1.32. The number of hydrogen-bond donors (Lipinski definition) is 0. The third-order valence-corrected chi connectivity index (χ3v) is 10.4. The van der Waals surface area contributed by atoms with Gasteiger partial charge in [0.25, 0.3) is 0 Å². The molecule has 0 aliphatic rings. The molecule has 0 aromatic carbocycles. The fraction of sp³-hybridized carbons (Fsp3) is 1.00. The van der Waals surface area contributed by atoms with E-state index >= 15 is 0 Å². The maximum Gasteiger partial charge on any atom is 0.334 e. The fourth-order valence-corrected chi connectivity index (χ4v) is 4.18. The zero-order valence-electron chi connectivity index (χ0n) is 11.1. The molecule has 0 radical (unpaired) electrons. The lowest BCUT2D eigenvalue weighted by molar-refractivity contribution is 0.243. The number of rotatable bonds is 9. The van der Waals surface area contributed by atoms with E-state index in [0.29, 0.717) is 0 Å². The van der Waals surface area contributed by atoms with Crippen LogP contribution in [0.4, 0.5) is 0 Å². The van der Waals surface area contributed by atoms with Gasteiger partial charge in [0.05, 0.1) is 12.9 Å². The lowest BCUT2D eigenvalue weighted by Crippen LogP contribution is -2.36. The monoisotopic (exact) mass is 284 g/mol. The summed E-state index contributed by atoms with van der Waals surface area (Å²) in [7, 11) is 1.53. The second-order valence-electron chi connectivity index (χ2n) is 3.93. The van der Waals surface area contributed by atoms with Crippen molar-refractivity contribution in [3.63, 3.8) is 0 Å². The van der Waals surface area contributed by atoms with E-state index in [1.807, 2.05) is 0 Å². The molecule has 0 amide bonds. The Kier molecular flexibility index (Phi) is 8.33. The summed E-state index contributed by atoms with van der Waals surface area (Å²) in [5.41, 5.74) is 0. The molecule has 0 aromatic rings.